The number of benzene rings is 2. The highest BCUT2D eigenvalue weighted by atomic mass is 32.2. The van der Waals surface area contributed by atoms with Gasteiger partial charge in [0.1, 0.15) is 0 Å². The fraction of sp³-hybridized carbons (Fsp3) is 0.200. The molecule has 1 atom stereocenters. The molecule has 5 nitrogen and oxygen atoms in total. The van der Waals surface area contributed by atoms with E-state index < -0.39 is 0 Å². The van der Waals surface area contributed by atoms with Gasteiger partial charge in [-0.3, -0.25) is 4.79 Å². The van der Waals surface area contributed by atoms with E-state index in [1.165, 1.54) is 11.3 Å². The van der Waals surface area contributed by atoms with Gasteiger partial charge in [0.15, 0.2) is 4.34 Å². The first kappa shape index (κ1) is 19.1. The molecule has 3 aromatic rings. The average molecular weight is 395 g/mol. The van der Waals surface area contributed by atoms with Crippen molar-refractivity contribution in [2.45, 2.75) is 29.4 Å². The highest BCUT2D eigenvalue weighted by Crippen LogP contribution is 2.29. The molecule has 2 aromatic carbocycles. The summed E-state index contributed by atoms with van der Waals surface area (Å²) in [4.78, 5) is 12.2. The second-order valence-electron chi connectivity index (χ2n) is 6.03. The number of nitriles is 1. The quantitative estimate of drug-likeness (QED) is 0.458. The predicted molar refractivity (Wildman–Crippen MR) is 109 cm³/mol. The van der Waals surface area contributed by atoms with E-state index in [9.17, 15) is 4.79 Å². The molecular formula is C20H18N4OS2. The molecule has 1 N–H and O–H groups in total. The van der Waals surface area contributed by atoms with Crippen molar-refractivity contribution in [2.75, 3.05) is 5.32 Å². The molecule has 0 radical (unpaired) electrons. The Kier molecular flexibility index (Phi) is 6.58. The van der Waals surface area contributed by atoms with Crippen molar-refractivity contribution >= 4 is 34.1 Å². The Labute approximate surface area is 166 Å². The number of carbonyl (C=O) groups excluding carboxylic acids is 1. The minimum absolute atomic E-state index is 0.0638. The van der Waals surface area contributed by atoms with Crippen LogP contribution in [0.25, 0.3) is 0 Å². The SMILES string of the molecule is C[C@@H](CC(=O)Nc1nnc(SCc2ccc(C#N)cc2)s1)c1ccccc1. The van der Waals surface area contributed by atoms with Gasteiger partial charge in [0.05, 0.1) is 11.6 Å². The molecule has 0 bridgehead atoms. The van der Waals surface area contributed by atoms with Crippen molar-refractivity contribution in [3.63, 3.8) is 0 Å². The third-order valence-corrected chi connectivity index (χ3v) is 6.00. The van der Waals surface area contributed by atoms with Crippen LogP contribution in [0.2, 0.25) is 0 Å². The van der Waals surface area contributed by atoms with Gasteiger partial charge in [0.2, 0.25) is 11.0 Å². The average Bonchev–Trinajstić information content (AvgIpc) is 3.14. The smallest absolute Gasteiger partial charge is 0.226 e. The Bertz CT molecular complexity index is 933. The molecule has 0 unspecified atom stereocenters. The molecular weight excluding hydrogens is 376 g/mol. The second-order valence-corrected chi connectivity index (χ2v) is 8.23. The first-order valence-corrected chi connectivity index (χ1v) is 10.2. The zero-order valence-corrected chi connectivity index (χ0v) is 16.4. The van der Waals surface area contributed by atoms with Gasteiger partial charge < -0.3 is 5.32 Å². The second kappa shape index (κ2) is 9.31. The lowest BCUT2D eigenvalue weighted by Gasteiger charge is -2.10. The summed E-state index contributed by atoms with van der Waals surface area (Å²) in [5.41, 5.74) is 2.90. The van der Waals surface area contributed by atoms with Gasteiger partial charge in [-0.2, -0.15) is 5.26 Å². The van der Waals surface area contributed by atoms with Crippen molar-refractivity contribution in [3.05, 3.63) is 71.3 Å². The minimum atomic E-state index is -0.0638. The molecule has 0 fully saturated rings. The zero-order valence-electron chi connectivity index (χ0n) is 14.8. The Hall–Kier alpha value is -2.69. The maximum absolute atomic E-state index is 12.2. The number of thioether (sulfide) groups is 1. The summed E-state index contributed by atoms with van der Waals surface area (Å²) in [5, 5.41) is 20.3. The van der Waals surface area contributed by atoms with E-state index in [0.717, 1.165) is 21.2 Å². The Balaban J connectivity index is 1.49. The fourth-order valence-corrected chi connectivity index (χ4v) is 4.21. The van der Waals surface area contributed by atoms with E-state index in [1.54, 1.807) is 23.9 Å². The van der Waals surface area contributed by atoms with Crippen molar-refractivity contribution in [1.82, 2.24) is 10.2 Å². The molecule has 0 aliphatic rings. The molecule has 0 spiro atoms. The lowest BCUT2D eigenvalue weighted by atomic mass is 9.98. The van der Waals surface area contributed by atoms with Gasteiger partial charge in [-0.25, -0.2) is 0 Å². The number of hydrogen-bond donors (Lipinski definition) is 1. The maximum Gasteiger partial charge on any atom is 0.226 e. The first-order valence-electron chi connectivity index (χ1n) is 8.44. The van der Waals surface area contributed by atoms with Crippen LogP contribution in [0.1, 0.15) is 36.0 Å². The maximum atomic E-state index is 12.2. The van der Waals surface area contributed by atoms with Crippen LogP contribution in [0.4, 0.5) is 5.13 Å². The minimum Gasteiger partial charge on any atom is -0.300 e. The molecule has 0 aliphatic carbocycles. The number of hydrogen-bond acceptors (Lipinski definition) is 6. The zero-order chi connectivity index (χ0) is 19.1. The highest BCUT2D eigenvalue weighted by Gasteiger charge is 2.13. The van der Waals surface area contributed by atoms with Crippen LogP contribution in [0.15, 0.2) is 58.9 Å². The summed E-state index contributed by atoms with van der Waals surface area (Å²) in [7, 11) is 0. The van der Waals surface area contributed by atoms with Gasteiger partial charge in [-0.1, -0.05) is 72.5 Å². The first-order chi connectivity index (χ1) is 13.1. The third kappa shape index (κ3) is 5.64. The lowest BCUT2D eigenvalue weighted by molar-refractivity contribution is -0.116. The summed E-state index contributed by atoms with van der Waals surface area (Å²) >= 11 is 2.92. The largest absolute Gasteiger partial charge is 0.300 e. The molecule has 0 saturated carbocycles. The van der Waals surface area contributed by atoms with Crippen molar-refractivity contribution in [2.24, 2.45) is 0 Å². The number of rotatable bonds is 7. The summed E-state index contributed by atoms with van der Waals surface area (Å²) in [5.74, 6) is 0.815. The van der Waals surface area contributed by atoms with Crippen LogP contribution in [0.3, 0.4) is 0 Å². The van der Waals surface area contributed by atoms with Crippen molar-refractivity contribution < 1.29 is 4.79 Å². The van der Waals surface area contributed by atoms with Crippen LogP contribution in [-0.4, -0.2) is 16.1 Å². The molecule has 1 heterocycles. The highest BCUT2D eigenvalue weighted by molar-refractivity contribution is 8.00. The Morgan fingerprint density at radius 2 is 1.93 bits per heavy atom. The molecule has 3 rings (SSSR count). The van der Waals surface area contributed by atoms with Crippen LogP contribution in [0.5, 0.6) is 0 Å². The normalized spacial score (nSPS) is 11.6. The third-order valence-electron chi connectivity index (χ3n) is 3.96. The van der Waals surface area contributed by atoms with Gasteiger partial charge in [0, 0.05) is 12.2 Å². The summed E-state index contributed by atoms with van der Waals surface area (Å²) in [6.45, 7) is 2.04. The van der Waals surface area contributed by atoms with Crippen molar-refractivity contribution in [3.8, 4) is 6.07 Å². The monoisotopic (exact) mass is 394 g/mol. The van der Waals surface area contributed by atoms with Crippen LogP contribution in [-0.2, 0) is 10.5 Å². The standard InChI is InChI=1S/C20H18N4OS2/c1-14(17-5-3-2-4-6-17)11-18(25)22-19-23-24-20(27-19)26-13-16-9-7-15(12-21)8-10-16/h2-10,14H,11,13H2,1H3,(H,22,23,25)/t14-/m0/s1. The van der Waals surface area contributed by atoms with Gasteiger partial charge in [-0.05, 0) is 29.2 Å². The van der Waals surface area contributed by atoms with E-state index in [4.69, 9.17) is 5.26 Å². The topological polar surface area (TPSA) is 78.7 Å². The fourth-order valence-electron chi connectivity index (χ4n) is 2.49. The van der Waals surface area contributed by atoms with E-state index in [2.05, 4.69) is 21.6 Å². The number of nitrogens with zero attached hydrogens (tertiary/aromatic N) is 3. The number of aromatic nitrogens is 2. The van der Waals surface area contributed by atoms with Gasteiger partial charge >= 0.3 is 0 Å². The molecule has 0 saturated heterocycles. The van der Waals surface area contributed by atoms with Crippen molar-refractivity contribution in [1.29, 1.82) is 5.26 Å². The van der Waals surface area contributed by atoms with E-state index in [-0.39, 0.29) is 11.8 Å². The van der Waals surface area contributed by atoms with E-state index in [1.807, 2.05) is 49.4 Å². The van der Waals surface area contributed by atoms with Gasteiger partial charge in [-0.15, -0.1) is 10.2 Å². The molecule has 136 valence electrons. The molecule has 27 heavy (non-hydrogen) atoms. The van der Waals surface area contributed by atoms with E-state index >= 15 is 0 Å². The molecule has 0 aliphatic heterocycles. The summed E-state index contributed by atoms with van der Waals surface area (Å²) in [6.07, 6.45) is 0.400. The molecule has 7 heteroatoms. The van der Waals surface area contributed by atoms with Crippen LogP contribution < -0.4 is 5.32 Å². The van der Waals surface area contributed by atoms with Crippen LogP contribution >= 0.6 is 23.1 Å². The van der Waals surface area contributed by atoms with E-state index in [0.29, 0.717) is 17.1 Å². The summed E-state index contributed by atoms with van der Waals surface area (Å²) in [6, 6.07) is 19.5. The Morgan fingerprint density at radius 3 is 2.63 bits per heavy atom. The molecule has 1 aromatic heterocycles. The number of carbonyl (C=O) groups is 1. The lowest BCUT2D eigenvalue weighted by Crippen LogP contribution is -2.14. The predicted octanol–water partition coefficient (Wildman–Crippen LogP) is 4.83. The number of amides is 1. The summed E-state index contributed by atoms with van der Waals surface area (Å²) < 4.78 is 0.797. The van der Waals surface area contributed by atoms with Crippen LogP contribution in [0, 0.1) is 11.3 Å². The number of anilines is 1. The number of nitrogens with one attached hydrogen (secondary N) is 1. The Morgan fingerprint density at radius 1 is 1.19 bits per heavy atom. The molecule has 1 amide bonds. The van der Waals surface area contributed by atoms with Gasteiger partial charge in [0.25, 0.3) is 0 Å².